The summed E-state index contributed by atoms with van der Waals surface area (Å²) in [5.41, 5.74) is 1.89. The summed E-state index contributed by atoms with van der Waals surface area (Å²) in [6.07, 6.45) is -0.0808. The molecule has 0 saturated carbocycles. The number of Topliss-reactive ketones (excluding diaryl/α,β-unsaturated/α-hetero) is 1. The monoisotopic (exact) mass is 435 g/mol. The third-order valence-corrected chi connectivity index (χ3v) is 4.29. The van der Waals surface area contributed by atoms with Crippen LogP contribution in [0.1, 0.15) is 18.0 Å². The standard InChI is InChI=1S/C17H14IN3O3/c18-10-4-3-5-11(8-10)19-17(24)21-14-9-15(22)16(23)20-13-7-2-1-6-12(13)14/h1-8,14H,9H2,(H,20,23)(H2,19,21,24). The summed E-state index contributed by atoms with van der Waals surface area (Å²) in [5, 5.41) is 8.08. The Balaban J connectivity index is 1.79. The number of hydrogen-bond donors (Lipinski definition) is 3. The summed E-state index contributed by atoms with van der Waals surface area (Å²) in [5.74, 6) is -1.23. The molecular weight excluding hydrogens is 421 g/mol. The molecule has 0 spiro atoms. The highest BCUT2D eigenvalue weighted by Gasteiger charge is 2.28. The van der Waals surface area contributed by atoms with Crippen molar-refractivity contribution >= 4 is 51.7 Å². The number of fused-ring (bicyclic) bond motifs is 1. The first kappa shape index (κ1) is 16.4. The van der Waals surface area contributed by atoms with Gasteiger partial charge >= 0.3 is 6.03 Å². The highest BCUT2D eigenvalue weighted by molar-refractivity contribution is 14.1. The molecule has 0 bridgehead atoms. The SMILES string of the molecule is O=C(Nc1cccc(I)c1)NC1CC(=O)C(=O)Nc2ccccc21. The molecule has 1 heterocycles. The van der Waals surface area contributed by atoms with E-state index >= 15 is 0 Å². The molecule has 1 aliphatic heterocycles. The van der Waals surface area contributed by atoms with Crippen molar-refractivity contribution in [3.05, 3.63) is 57.7 Å². The first-order valence-corrected chi connectivity index (χ1v) is 8.37. The first-order valence-electron chi connectivity index (χ1n) is 7.29. The van der Waals surface area contributed by atoms with E-state index in [9.17, 15) is 14.4 Å². The van der Waals surface area contributed by atoms with Crippen molar-refractivity contribution in [2.45, 2.75) is 12.5 Å². The number of hydrogen-bond acceptors (Lipinski definition) is 3. The third-order valence-electron chi connectivity index (χ3n) is 3.61. The highest BCUT2D eigenvalue weighted by atomic mass is 127. The van der Waals surface area contributed by atoms with Crippen LogP contribution in [0.5, 0.6) is 0 Å². The van der Waals surface area contributed by atoms with E-state index in [1.165, 1.54) is 0 Å². The number of amides is 3. The number of urea groups is 1. The zero-order valence-electron chi connectivity index (χ0n) is 12.5. The molecule has 1 aliphatic rings. The number of nitrogens with one attached hydrogen (secondary N) is 3. The fraction of sp³-hybridized carbons (Fsp3) is 0.118. The van der Waals surface area contributed by atoms with Crippen LogP contribution < -0.4 is 16.0 Å². The van der Waals surface area contributed by atoms with Crippen LogP contribution in [0, 0.1) is 3.57 Å². The number of halogens is 1. The predicted octanol–water partition coefficient (Wildman–Crippen LogP) is 3.07. The maximum Gasteiger partial charge on any atom is 0.319 e. The average Bonchev–Trinajstić information content (AvgIpc) is 2.65. The molecule has 0 saturated heterocycles. The van der Waals surface area contributed by atoms with Crippen LogP contribution in [-0.4, -0.2) is 17.7 Å². The van der Waals surface area contributed by atoms with E-state index in [0.717, 1.165) is 3.57 Å². The van der Waals surface area contributed by atoms with Crippen molar-refractivity contribution in [2.24, 2.45) is 0 Å². The third kappa shape index (κ3) is 3.73. The molecule has 0 aromatic heterocycles. The van der Waals surface area contributed by atoms with Gasteiger partial charge in [-0.25, -0.2) is 4.79 Å². The fourth-order valence-corrected chi connectivity index (χ4v) is 3.06. The van der Waals surface area contributed by atoms with E-state index in [2.05, 4.69) is 38.5 Å². The number of ketones is 1. The van der Waals surface area contributed by atoms with Crippen LogP contribution in [-0.2, 0) is 9.59 Å². The molecule has 3 N–H and O–H groups in total. The van der Waals surface area contributed by atoms with E-state index < -0.39 is 23.8 Å². The van der Waals surface area contributed by atoms with Crippen LogP contribution in [0.3, 0.4) is 0 Å². The number of rotatable bonds is 2. The molecule has 7 heteroatoms. The Morgan fingerprint density at radius 3 is 2.71 bits per heavy atom. The molecule has 2 aromatic rings. The Kier molecular flexibility index (Phi) is 4.79. The largest absolute Gasteiger partial charge is 0.331 e. The summed E-state index contributed by atoms with van der Waals surface area (Å²) in [6.45, 7) is 0. The normalized spacial score (nSPS) is 16.6. The van der Waals surface area contributed by atoms with Crippen LogP contribution in [0.25, 0.3) is 0 Å². The summed E-state index contributed by atoms with van der Waals surface area (Å²) >= 11 is 2.16. The van der Waals surface area contributed by atoms with E-state index in [4.69, 9.17) is 0 Å². The van der Waals surface area contributed by atoms with Crippen molar-refractivity contribution in [1.29, 1.82) is 0 Å². The van der Waals surface area contributed by atoms with Crippen molar-refractivity contribution < 1.29 is 14.4 Å². The van der Waals surface area contributed by atoms with Gasteiger partial charge in [-0.3, -0.25) is 9.59 Å². The van der Waals surface area contributed by atoms with Gasteiger partial charge in [0.05, 0.1) is 6.04 Å². The molecular formula is C17H14IN3O3. The maximum absolute atomic E-state index is 12.3. The van der Waals surface area contributed by atoms with Gasteiger partial charge in [0, 0.05) is 21.4 Å². The van der Waals surface area contributed by atoms with Gasteiger partial charge in [-0.15, -0.1) is 0 Å². The molecule has 0 aliphatic carbocycles. The van der Waals surface area contributed by atoms with Crippen LogP contribution in [0.2, 0.25) is 0 Å². The smallest absolute Gasteiger partial charge is 0.319 e. The minimum absolute atomic E-state index is 0.0808. The summed E-state index contributed by atoms with van der Waals surface area (Å²) < 4.78 is 0.996. The lowest BCUT2D eigenvalue weighted by atomic mass is 10.0. The Morgan fingerprint density at radius 2 is 1.92 bits per heavy atom. The number of anilines is 2. The molecule has 0 radical (unpaired) electrons. The molecule has 2 aromatic carbocycles. The quantitative estimate of drug-likeness (QED) is 0.501. The predicted molar refractivity (Wildman–Crippen MR) is 98.8 cm³/mol. The van der Waals surface area contributed by atoms with Crippen LogP contribution >= 0.6 is 22.6 Å². The zero-order valence-corrected chi connectivity index (χ0v) is 14.7. The van der Waals surface area contributed by atoms with Crippen LogP contribution in [0.15, 0.2) is 48.5 Å². The van der Waals surface area contributed by atoms with E-state index in [1.807, 2.05) is 18.2 Å². The number of carbonyl (C=O) groups is 3. The second-order valence-corrected chi connectivity index (χ2v) is 6.58. The van der Waals surface area contributed by atoms with Gasteiger partial charge < -0.3 is 16.0 Å². The van der Waals surface area contributed by atoms with Crippen molar-refractivity contribution in [2.75, 3.05) is 10.6 Å². The van der Waals surface area contributed by atoms with Gasteiger partial charge in [0.1, 0.15) is 0 Å². The average molecular weight is 435 g/mol. The Labute approximate surface area is 152 Å². The first-order chi connectivity index (χ1) is 11.5. The molecule has 0 fully saturated rings. The molecule has 122 valence electrons. The van der Waals surface area contributed by atoms with E-state index in [-0.39, 0.29) is 6.42 Å². The lowest BCUT2D eigenvalue weighted by Gasteiger charge is -2.18. The summed E-state index contributed by atoms with van der Waals surface area (Å²) in [7, 11) is 0. The van der Waals surface area contributed by atoms with Gasteiger partial charge in [0.2, 0.25) is 5.78 Å². The number of para-hydroxylation sites is 1. The summed E-state index contributed by atoms with van der Waals surface area (Å²) in [4.78, 5) is 35.9. The van der Waals surface area contributed by atoms with Crippen molar-refractivity contribution in [1.82, 2.24) is 5.32 Å². The Hall–Kier alpha value is -2.42. The highest BCUT2D eigenvalue weighted by Crippen LogP contribution is 2.28. The minimum atomic E-state index is -0.662. The summed E-state index contributed by atoms with van der Waals surface area (Å²) in [6, 6.07) is 13.4. The second kappa shape index (κ2) is 7.00. The Morgan fingerprint density at radius 1 is 1.12 bits per heavy atom. The lowest BCUT2D eigenvalue weighted by molar-refractivity contribution is -0.134. The van der Waals surface area contributed by atoms with E-state index in [0.29, 0.717) is 16.9 Å². The fourth-order valence-electron chi connectivity index (χ4n) is 2.52. The molecule has 1 atom stereocenters. The topological polar surface area (TPSA) is 87.3 Å². The van der Waals surface area contributed by atoms with Gasteiger partial charge in [0.25, 0.3) is 5.91 Å². The van der Waals surface area contributed by atoms with Gasteiger partial charge in [0.15, 0.2) is 0 Å². The number of carbonyl (C=O) groups excluding carboxylic acids is 3. The molecule has 6 nitrogen and oxygen atoms in total. The zero-order chi connectivity index (χ0) is 17.1. The number of benzene rings is 2. The van der Waals surface area contributed by atoms with E-state index in [1.54, 1.807) is 30.3 Å². The van der Waals surface area contributed by atoms with Crippen molar-refractivity contribution in [3.8, 4) is 0 Å². The minimum Gasteiger partial charge on any atom is -0.331 e. The van der Waals surface area contributed by atoms with Gasteiger partial charge in [-0.2, -0.15) is 0 Å². The Bertz CT molecular complexity index is 822. The lowest BCUT2D eigenvalue weighted by Crippen LogP contribution is -2.34. The van der Waals surface area contributed by atoms with Gasteiger partial charge in [-0.05, 0) is 52.4 Å². The molecule has 24 heavy (non-hydrogen) atoms. The molecule has 1 unspecified atom stereocenters. The van der Waals surface area contributed by atoms with Crippen LogP contribution in [0.4, 0.5) is 16.2 Å². The molecule has 3 rings (SSSR count). The van der Waals surface area contributed by atoms with Gasteiger partial charge in [-0.1, -0.05) is 24.3 Å². The second-order valence-electron chi connectivity index (χ2n) is 5.33. The molecule has 3 amide bonds. The maximum atomic E-state index is 12.3. The van der Waals surface area contributed by atoms with Crippen molar-refractivity contribution in [3.63, 3.8) is 0 Å².